The summed E-state index contributed by atoms with van der Waals surface area (Å²) in [6.07, 6.45) is 4.38. The van der Waals surface area contributed by atoms with Crippen LogP contribution in [0.4, 0.5) is 0 Å². The van der Waals surface area contributed by atoms with Crippen molar-refractivity contribution >= 4 is 17.6 Å². The van der Waals surface area contributed by atoms with Gasteiger partial charge in [-0.3, -0.25) is 9.59 Å². The molecule has 0 aromatic carbocycles. The Morgan fingerprint density at radius 1 is 1.30 bits per heavy atom. The van der Waals surface area contributed by atoms with Crippen LogP contribution in [0.2, 0.25) is 0 Å². The van der Waals surface area contributed by atoms with E-state index < -0.39 is 0 Å². The minimum atomic E-state index is -0.344. The first-order valence-corrected chi connectivity index (χ1v) is 6.36. The first kappa shape index (κ1) is 12.8. The second kappa shape index (κ2) is 4.73. The fraction of sp³-hybridized carbons (Fsp3) is 0.286. The molecule has 0 radical (unpaired) electrons. The topological polar surface area (TPSA) is 93.4 Å². The maximum absolute atomic E-state index is 12.4. The number of aromatic nitrogens is 1. The number of hydrogen-bond acceptors (Lipinski definition) is 5. The second-order valence-electron chi connectivity index (χ2n) is 4.72. The Morgan fingerprint density at radius 2 is 2.05 bits per heavy atom. The van der Waals surface area contributed by atoms with Crippen LogP contribution >= 0.6 is 0 Å². The lowest BCUT2D eigenvalue weighted by atomic mass is 9.95. The van der Waals surface area contributed by atoms with Crippen LogP contribution in [0.25, 0.3) is 6.08 Å². The van der Waals surface area contributed by atoms with Crippen molar-refractivity contribution in [3.8, 4) is 0 Å². The Morgan fingerprint density at radius 3 is 2.65 bits per heavy atom. The van der Waals surface area contributed by atoms with Crippen LogP contribution in [0.5, 0.6) is 0 Å². The molecule has 0 unspecified atom stereocenters. The number of carbonyl (C=O) groups excluding carboxylic acids is 2. The van der Waals surface area contributed by atoms with Crippen LogP contribution in [-0.2, 0) is 6.61 Å². The van der Waals surface area contributed by atoms with Gasteiger partial charge in [0.15, 0.2) is 0 Å². The number of carbonyl (C=O) groups is 2. The molecule has 3 rings (SSSR count). The molecular weight excluding hydrogens is 260 g/mol. The zero-order chi connectivity index (χ0) is 14.3. The van der Waals surface area contributed by atoms with Crippen molar-refractivity contribution in [2.45, 2.75) is 6.61 Å². The van der Waals surface area contributed by atoms with Gasteiger partial charge in [0, 0.05) is 30.4 Å². The van der Waals surface area contributed by atoms with Gasteiger partial charge in [0.2, 0.25) is 11.6 Å². The maximum Gasteiger partial charge on any atom is 0.211 e. The summed E-state index contributed by atoms with van der Waals surface area (Å²) in [5, 5.41) is 18.3. The number of aromatic amines is 1. The average molecular weight is 274 g/mol. The van der Waals surface area contributed by atoms with E-state index in [4.69, 9.17) is 5.11 Å². The van der Waals surface area contributed by atoms with Gasteiger partial charge < -0.3 is 20.1 Å². The van der Waals surface area contributed by atoms with Gasteiger partial charge in [-0.2, -0.15) is 0 Å². The minimum absolute atomic E-state index is 0.159. The van der Waals surface area contributed by atoms with Crippen LogP contribution < -0.4 is 0 Å². The third-order valence-corrected chi connectivity index (χ3v) is 3.45. The fourth-order valence-electron chi connectivity index (χ4n) is 2.39. The largest absolute Gasteiger partial charge is 0.392 e. The predicted octanol–water partition coefficient (Wildman–Crippen LogP) is 0.0910. The van der Waals surface area contributed by atoms with Crippen LogP contribution in [-0.4, -0.2) is 51.4 Å². The highest BCUT2D eigenvalue weighted by Gasteiger charge is 2.36. The van der Waals surface area contributed by atoms with Gasteiger partial charge in [-0.25, -0.2) is 0 Å². The average Bonchev–Trinajstić information content (AvgIpc) is 3.20. The SMILES string of the molecule is O=C1C=C(N2CC2)C(=O)c2c1[nH]c(C=CCO)c2CO. The summed E-state index contributed by atoms with van der Waals surface area (Å²) in [6.45, 7) is 1.05. The molecule has 2 heterocycles. The molecule has 6 heteroatoms. The lowest BCUT2D eigenvalue weighted by Gasteiger charge is -2.13. The van der Waals surface area contributed by atoms with Gasteiger partial charge in [0.1, 0.15) is 0 Å². The number of hydrogen-bond donors (Lipinski definition) is 3. The Labute approximate surface area is 115 Å². The van der Waals surface area contributed by atoms with E-state index in [2.05, 4.69) is 4.98 Å². The molecule has 3 N–H and O–H groups in total. The van der Waals surface area contributed by atoms with Gasteiger partial charge in [0.05, 0.1) is 30.2 Å². The molecule has 0 bridgehead atoms. The Hall–Kier alpha value is -2.18. The maximum atomic E-state index is 12.4. The number of rotatable bonds is 4. The van der Waals surface area contributed by atoms with E-state index >= 15 is 0 Å². The first-order valence-electron chi connectivity index (χ1n) is 6.36. The predicted molar refractivity (Wildman–Crippen MR) is 71.2 cm³/mol. The summed E-state index contributed by atoms with van der Waals surface area (Å²) >= 11 is 0. The van der Waals surface area contributed by atoms with E-state index in [0.717, 1.165) is 13.1 Å². The molecular formula is C14H14N2O4. The zero-order valence-electron chi connectivity index (χ0n) is 10.7. The van der Waals surface area contributed by atoms with Crippen molar-refractivity contribution in [3.63, 3.8) is 0 Å². The molecule has 1 aromatic rings. The molecule has 0 atom stereocenters. The number of fused-ring (bicyclic) bond motifs is 1. The van der Waals surface area contributed by atoms with Crippen LogP contribution in [0, 0.1) is 0 Å². The highest BCUT2D eigenvalue weighted by Crippen LogP contribution is 2.31. The summed E-state index contributed by atoms with van der Waals surface area (Å²) in [5.74, 6) is -0.499. The van der Waals surface area contributed by atoms with E-state index in [1.165, 1.54) is 12.2 Å². The van der Waals surface area contributed by atoms with Crippen molar-refractivity contribution in [2.24, 2.45) is 0 Å². The van der Waals surface area contributed by atoms with E-state index in [0.29, 0.717) is 17.0 Å². The summed E-state index contributed by atoms with van der Waals surface area (Å²) in [7, 11) is 0. The molecule has 2 aliphatic rings. The van der Waals surface area contributed by atoms with E-state index in [1.54, 1.807) is 6.08 Å². The van der Waals surface area contributed by atoms with Gasteiger partial charge in [-0.1, -0.05) is 6.08 Å². The number of Topliss-reactive ketones (excluding diaryl/α,β-unsaturated/α-hetero) is 1. The fourth-order valence-corrected chi connectivity index (χ4v) is 2.39. The van der Waals surface area contributed by atoms with E-state index in [1.807, 2.05) is 4.90 Å². The van der Waals surface area contributed by atoms with Crippen molar-refractivity contribution in [3.05, 3.63) is 40.4 Å². The van der Waals surface area contributed by atoms with Gasteiger partial charge >= 0.3 is 0 Å². The highest BCUT2D eigenvalue weighted by atomic mass is 16.3. The Kier molecular flexibility index (Phi) is 3.04. The lowest BCUT2D eigenvalue weighted by Crippen LogP contribution is -2.21. The number of nitrogens with zero attached hydrogens (tertiary/aromatic N) is 1. The van der Waals surface area contributed by atoms with Gasteiger partial charge in [0.25, 0.3) is 0 Å². The Balaban J connectivity index is 2.11. The van der Waals surface area contributed by atoms with Crippen molar-refractivity contribution < 1.29 is 19.8 Å². The molecule has 1 aliphatic carbocycles. The van der Waals surface area contributed by atoms with Crippen LogP contribution in [0.15, 0.2) is 17.8 Å². The van der Waals surface area contributed by atoms with Crippen molar-refractivity contribution in [1.82, 2.24) is 9.88 Å². The number of ketones is 2. The monoisotopic (exact) mass is 274 g/mol. The van der Waals surface area contributed by atoms with Crippen LogP contribution in [0.3, 0.4) is 0 Å². The number of aliphatic hydroxyl groups excluding tert-OH is 2. The summed E-state index contributed by atoms with van der Waals surface area (Å²) in [4.78, 5) is 29.2. The normalized spacial score (nSPS) is 17.7. The number of aliphatic hydroxyl groups is 2. The molecule has 0 saturated carbocycles. The molecule has 1 aliphatic heterocycles. The third kappa shape index (κ3) is 1.90. The van der Waals surface area contributed by atoms with Crippen molar-refractivity contribution in [1.29, 1.82) is 0 Å². The highest BCUT2D eigenvalue weighted by molar-refractivity contribution is 6.24. The quantitative estimate of drug-likeness (QED) is 0.677. The van der Waals surface area contributed by atoms with E-state index in [-0.39, 0.29) is 36.0 Å². The molecule has 6 nitrogen and oxygen atoms in total. The van der Waals surface area contributed by atoms with Gasteiger partial charge in [-0.05, 0) is 6.08 Å². The Bertz CT molecular complexity index is 650. The second-order valence-corrected chi connectivity index (χ2v) is 4.72. The smallest absolute Gasteiger partial charge is 0.211 e. The van der Waals surface area contributed by atoms with E-state index in [9.17, 15) is 14.7 Å². The summed E-state index contributed by atoms with van der Waals surface area (Å²) < 4.78 is 0. The number of allylic oxidation sites excluding steroid dienone is 2. The third-order valence-electron chi connectivity index (χ3n) is 3.45. The summed E-state index contributed by atoms with van der Waals surface area (Å²) in [6, 6.07) is 0. The van der Waals surface area contributed by atoms with Gasteiger partial charge in [-0.15, -0.1) is 0 Å². The first-order chi connectivity index (χ1) is 9.67. The molecule has 104 valence electrons. The van der Waals surface area contributed by atoms with Crippen LogP contribution in [0.1, 0.15) is 32.1 Å². The standard InChI is InChI=1S/C14H14N2O4/c17-5-1-2-9-8(7-18)12-13(15-9)11(19)6-10(14(12)20)16-3-4-16/h1-2,6,15,17-18H,3-5,7H2. The number of nitrogens with one attached hydrogen (secondary N) is 1. The van der Waals surface area contributed by atoms with Crippen molar-refractivity contribution in [2.75, 3.05) is 19.7 Å². The molecule has 1 fully saturated rings. The minimum Gasteiger partial charge on any atom is -0.392 e. The summed E-state index contributed by atoms with van der Waals surface area (Å²) in [5.41, 5.74) is 1.74. The molecule has 1 saturated heterocycles. The molecule has 1 aromatic heterocycles. The zero-order valence-corrected chi connectivity index (χ0v) is 10.7. The molecule has 0 amide bonds. The molecule has 0 spiro atoms. The molecule has 20 heavy (non-hydrogen) atoms. The number of H-pyrrole nitrogens is 1. The lowest BCUT2D eigenvalue weighted by molar-refractivity contribution is 0.0966.